The maximum atomic E-state index is 12.2. The first-order chi connectivity index (χ1) is 10.2. The summed E-state index contributed by atoms with van der Waals surface area (Å²) in [6.45, 7) is 14.8. The van der Waals surface area contributed by atoms with Gasteiger partial charge in [0.25, 0.3) is 0 Å². The predicted molar refractivity (Wildman–Crippen MR) is 92.1 cm³/mol. The predicted octanol–water partition coefficient (Wildman–Crippen LogP) is 4.05. The standard InChI is InChI=1S/C18H36N2O2/c1-14(2)20(17(21)22-18(4,5)6)12-11-19-13-16-9-7-15(3)8-10-16/h14-16,19H,7-13H2,1-6H3. The van der Waals surface area contributed by atoms with Crippen molar-refractivity contribution >= 4 is 6.09 Å². The lowest BCUT2D eigenvalue weighted by Crippen LogP contribution is -2.44. The molecule has 0 radical (unpaired) electrons. The van der Waals surface area contributed by atoms with Gasteiger partial charge in [0.15, 0.2) is 0 Å². The summed E-state index contributed by atoms with van der Waals surface area (Å²) < 4.78 is 5.48. The Morgan fingerprint density at radius 2 is 1.82 bits per heavy atom. The third kappa shape index (κ3) is 7.48. The fourth-order valence-corrected chi connectivity index (χ4v) is 2.92. The van der Waals surface area contributed by atoms with Crippen LogP contribution in [0.4, 0.5) is 4.79 Å². The van der Waals surface area contributed by atoms with Crippen LogP contribution in [0.15, 0.2) is 0 Å². The molecule has 0 spiro atoms. The molecular formula is C18H36N2O2. The van der Waals surface area contributed by atoms with Crippen molar-refractivity contribution < 1.29 is 9.53 Å². The first kappa shape index (κ1) is 19.3. The van der Waals surface area contributed by atoms with Gasteiger partial charge in [0.1, 0.15) is 5.60 Å². The van der Waals surface area contributed by atoms with Gasteiger partial charge in [-0.1, -0.05) is 19.8 Å². The van der Waals surface area contributed by atoms with E-state index in [9.17, 15) is 4.79 Å². The van der Waals surface area contributed by atoms with Crippen LogP contribution >= 0.6 is 0 Å². The number of amides is 1. The number of carbonyl (C=O) groups is 1. The molecule has 4 heteroatoms. The van der Waals surface area contributed by atoms with Crippen molar-refractivity contribution in [1.29, 1.82) is 0 Å². The van der Waals surface area contributed by atoms with Crippen molar-refractivity contribution in [1.82, 2.24) is 10.2 Å². The first-order valence-corrected chi connectivity index (χ1v) is 8.89. The van der Waals surface area contributed by atoms with E-state index in [4.69, 9.17) is 4.74 Å². The molecule has 0 heterocycles. The topological polar surface area (TPSA) is 41.6 Å². The summed E-state index contributed by atoms with van der Waals surface area (Å²) in [6, 6.07) is 0.159. The van der Waals surface area contributed by atoms with Crippen LogP contribution in [0.3, 0.4) is 0 Å². The average molecular weight is 312 g/mol. The molecular weight excluding hydrogens is 276 g/mol. The Balaban J connectivity index is 2.28. The highest BCUT2D eigenvalue weighted by Crippen LogP contribution is 2.27. The highest BCUT2D eigenvalue weighted by Gasteiger charge is 2.24. The van der Waals surface area contributed by atoms with Gasteiger partial charge in [-0.05, 0) is 65.8 Å². The molecule has 0 saturated heterocycles. The summed E-state index contributed by atoms with van der Waals surface area (Å²) in [5, 5.41) is 3.52. The van der Waals surface area contributed by atoms with Crippen molar-refractivity contribution in [3.05, 3.63) is 0 Å². The first-order valence-electron chi connectivity index (χ1n) is 8.89. The molecule has 1 fully saturated rings. The Labute approximate surface area is 137 Å². The summed E-state index contributed by atoms with van der Waals surface area (Å²) in [5.74, 6) is 1.71. The molecule has 0 aromatic heterocycles. The lowest BCUT2D eigenvalue weighted by atomic mass is 9.83. The van der Waals surface area contributed by atoms with Gasteiger partial charge < -0.3 is 15.0 Å². The van der Waals surface area contributed by atoms with Crippen LogP contribution < -0.4 is 5.32 Å². The zero-order chi connectivity index (χ0) is 16.8. The van der Waals surface area contributed by atoms with Crippen LogP contribution in [0.5, 0.6) is 0 Å². The number of rotatable bonds is 6. The van der Waals surface area contributed by atoms with Gasteiger partial charge in [0, 0.05) is 19.1 Å². The molecule has 4 nitrogen and oxygen atoms in total. The molecule has 1 aliphatic rings. The number of nitrogens with one attached hydrogen (secondary N) is 1. The van der Waals surface area contributed by atoms with Gasteiger partial charge in [-0.15, -0.1) is 0 Å². The number of ether oxygens (including phenoxy) is 1. The quantitative estimate of drug-likeness (QED) is 0.752. The van der Waals surface area contributed by atoms with Gasteiger partial charge in [-0.2, -0.15) is 0 Å². The third-order valence-corrected chi connectivity index (χ3v) is 4.35. The van der Waals surface area contributed by atoms with Crippen molar-refractivity contribution in [2.24, 2.45) is 11.8 Å². The lowest BCUT2D eigenvalue weighted by Gasteiger charge is -2.31. The molecule has 1 N–H and O–H groups in total. The van der Waals surface area contributed by atoms with Crippen LogP contribution in [-0.4, -0.2) is 42.3 Å². The van der Waals surface area contributed by atoms with E-state index in [1.54, 1.807) is 4.90 Å². The molecule has 1 saturated carbocycles. The van der Waals surface area contributed by atoms with Gasteiger partial charge in [-0.25, -0.2) is 4.79 Å². The van der Waals surface area contributed by atoms with E-state index in [0.29, 0.717) is 6.54 Å². The molecule has 130 valence electrons. The zero-order valence-corrected chi connectivity index (χ0v) is 15.4. The molecule has 0 atom stereocenters. The van der Waals surface area contributed by atoms with Crippen molar-refractivity contribution in [2.45, 2.75) is 78.9 Å². The molecule has 1 amide bonds. The van der Waals surface area contributed by atoms with Gasteiger partial charge in [-0.3, -0.25) is 0 Å². The summed E-state index contributed by atoms with van der Waals surface area (Å²) in [4.78, 5) is 14.0. The molecule has 0 bridgehead atoms. The van der Waals surface area contributed by atoms with E-state index in [0.717, 1.165) is 24.9 Å². The molecule has 0 aromatic rings. The fraction of sp³-hybridized carbons (Fsp3) is 0.944. The van der Waals surface area contributed by atoms with E-state index >= 15 is 0 Å². The second-order valence-electron chi connectivity index (χ2n) is 8.10. The number of hydrogen-bond acceptors (Lipinski definition) is 3. The molecule has 0 unspecified atom stereocenters. The van der Waals surface area contributed by atoms with Crippen molar-refractivity contribution in [3.8, 4) is 0 Å². The highest BCUT2D eigenvalue weighted by molar-refractivity contribution is 5.68. The maximum Gasteiger partial charge on any atom is 0.410 e. The summed E-state index contributed by atoms with van der Waals surface area (Å²) >= 11 is 0. The Bertz CT molecular complexity index is 328. The molecule has 0 aliphatic heterocycles. The Morgan fingerprint density at radius 3 is 2.32 bits per heavy atom. The monoisotopic (exact) mass is 312 g/mol. The molecule has 1 rings (SSSR count). The van der Waals surface area contributed by atoms with Gasteiger partial charge in [0.05, 0.1) is 0 Å². The van der Waals surface area contributed by atoms with E-state index in [1.807, 2.05) is 34.6 Å². The van der Waals surface area contributed by atoms with Crippen LogP contribution in [0.1, 0.15) is 67.2 Å². The maximum absolute atomic E-state index is 12.2. The van der Waals surface area contributed by atoms with Crippen LogP contribution in [0.25, 0.3) is 0 Å². The second-order valence-corrected chi connectivity index (χ2v) is 8.10. The van der Waals surface area contributed by atoms with Crippen LogP contribution in [-0.2, 0) is 4.74 Å². The largest absolute Gasteiger partial charge is 0.444 e. The van der Waals surface area contributed by atoms with Crippen LogP contribution in [0.2, 0.25) is 0 Å². The summed E-state index contributed by atoms with van der Waals surface area (Å²) in [5.41, 5.74) is -0.434. The van der Waals surface area contributed by atoms with E-state index in [-0.39, 0.29) is 12.1 Å². The van der Waals surface area contributed by atoms with E-state index in [1.165, 1.54) is 25.7 Å². The molecule has 0 aromatic carbocycles. The minimum atomic E-state index is -0.434. The third-order valence-electron chi connectivity index (χ3n) is 4.35. The van der Waals surface area contributed by atoms with Crippen molar-refractivity contribution in [2.75, 3.05) is 19.6 Å². The summed E-state index contributed by atoms with van der Waals surface area (Å²) in [6.07, 6.45) is 5.20. The SMILES string of the molecule is CC1CCC(CNCCN(C(=O)OC(C)(C)C)C(C)C)CC1. The molecule has 1 aliphatic carbocycles. The van der Waals surface area contributed by atoms with Crippen molar-refractivity contribution in [3.63, 3.8) is 0 Å². The normalized spacial score (nSPS) is 22.7. The van der Waals surface area contributed by atoms with E-state index < -0.39 is 5.60 Å². The zero-order valence-electron chi connectivity index (χ0n) is 15.4. The van der Waals surface area contributed by atoms with E-state index in [2.05, 4.69) is 12.2 Å². The number of nitrogens with zero attached hydrogens (tertiary/aromatic N) is 1. The average Bonchev–Trinajstić information content (AvgIpc) is 2.38. The smallest absolute Gasteiger partial charge is 0.410 e. The second kappa shape index (κ2) is 8.76. The van der Waals surface area contributed by atoms with Gasteiger partial charge >= 0.3 is 6.09 Å². The number of hydrogen-bond donors (Lipinski definition) is 1. The Kier molecular flexibility index (Phi) is 7.67. The minimum absolute atomic E-state index is 0.159. The highest BCUT2D eigenvalue weighted by atomic mass is 16.6. The van der Waals surface area contributed by atoms with Gasteiger partial charge in [0.2, 0.25) is 0 Å². The van der Waals surface area contributed by atoms with Crippen LogP contribution in [0, 0.1) is 11.8 Å². The minimum Gasteiger partial charge on any atom is -0.444 e. The lowest BCUT2D eigenvalue weighted by molar-refractivity contribution is 0.0193. The molecule has 22 heavy (non-hydrogen) atoms. The summed E-state index contributed by atoms with van der Waals surface area (Å²) in [7, 11) is 0. The number of carbonyl (C=O) groups excluding carboxylic acids is 1. The Hall–Kier alpha value is -0.770. The fourth-order valence-electron chi connectivity index (χ4n) is 2.92. The Morgan fingerprint density at radius 1 is 1.23 bits per heavy atom.